The fourth-order valence-electron chi connectivity index (χ4n) is 2.32. The van der Waals surface area contributed by atoms with E-state index in [4.69, 9.17) is 0 Å². The number of hydrogen-bond acceptors (Lipinski definition) is 4. The summed E-state index contributed by atoms with van der Waals surface area (Å²) in [5.74, 6) is 0.132. The highest BCUT2D eigenvalue weighted by molar-refractivity contribution is 8.00. The molecule has 0 aliphatic rings. The van der Waals surface area contributed by atoms with Gasteiger partial charge in [0.15, 0.2) is 5.82 Å². The lowest BCUT2D eigenvalue weighted by Gasteiger charge is -2.09. The van der Waals surface area contributed by atoms with Crippen LogP contribution >= 0.6 is 11.8 Å². The van der Waals surface area contributed by atoms with Gasteiger partial charge in [0.2, 0.25) is 11.1 Å². The molecule has 0 radical (unpaired) electrons. The molecule has 0 unspecified atom stereocenters. The molecule has 2 N–H and O–H groups in total. The molecule has 1 atom stereocenters. The van der Waals surface area contributed by atoms with Crippen LogP contribution in [0.2, 0.25) is 0 Å². The van der Waals surface area contributed by atoms with Gasteiger partial charge in [0.1, 0.15) is 5.82 Å². The molecule has 0 saturated heterocycles. The van der Waals surface area contributed by atoms with Crippen LogP contribution in [0.15, 0.2) is 53.7 Å². The minimum atomic E-state index is -0.397. The molecule has 0 saturated carbocycles. The number of nitrogens with one attached hydrogen (secondary N) is 2. The van der Waals surface area contributed by atoms with Crippen molar-refractivity contribution in [2.75, 3.05) is 5.32 Å². The highest BCUT2D eigenvalue weighted by Crippen LogP contribution is 2.24. The second-order valence-electron chi connectivity index (χ2n) is 5.77. The molecular weight excluding hydrogens is 351 g/mol. The van der Waals surface area contributed by atoms with Crippen molar-refractivity contribution >= 4 is 23.4 Å². The van der Waals surface area contributed by atoms with E-state index in [-0.39, 0.29) is 11.7 Å². The fourth-order valence-corrected chi connectivity index (χ4v) is 3.04. The van der Waals surface area contributed by atoms with E-state index in [1.807, 2.05) is 12.1 Å². The summed E-state index contributed by atoms with van der Waals surface area (Å²) < 4.78 is 12.9. The molecule has 0 aliphatic carbocycles. The summed E-state index contributed by atoms with van der Waals surface area (Å²) in [6.45, 7) is 3.88. The Morgan fingerprint density at radius 2 is 1.88 bits per heavy atom. The van der Waals surface area contributed by atoms with E-state index in [0.29, 0.717) is 16.7 Å². The maximum absolute atomic E-state index is 12.9. The first kappa shape index (κ1) is 18.1. The zero-order valence-electron chi connectivity index (χ0n) is 14.5. The third-order valence-corrected chi connectivity index (χ3v) is 4.82. The average molecular weight is 370 g/mol. The van der Waals surface area contributed by atoms with E-state index in [1.165, 1.54) is 41.6 Å². The molecule has 1 heterocycles. The van der Waals surface area contributed by atoms with Gasteiger partial charge in [0.05, 0.1) is 5.25 Å². The van der Waals surface area contributed by atoms with Gasteiger partial charge in [-0.25, -0.2) is 9.37 Å². The van der Waals surface area contributed by atoms with E-state index in [9.17, 15) is 9.18 Å². The number of rotatable bonds is 6. The van der Waals surface area contributed by atoms with Gasteiger partial charge in [-0.2, -0.15) is 0 Å². The first-order valence-electron chi connectivity index (χ1n) is 8.30. The zero-order valence-corrected chi connectivity index (χ0v) is 15.3. The SMILES string of the molecule is CCc1ccc(-c2nc(S[C@@H](C)C(=O)Nc3ccc(F)cc3)n[nH]2)cc1. The molecule has 5 nitrogen and oxygen atoms in total. The Hall–Kier alpha value is -2.67. The molecule has 0 aliphatic heterocycles. The Balaban J connectivity index is 1.62. The van der Waals surface area contributed by atoms with E-state index in [0.717, 1.165) is 12.0 Å². The van der Waals surface area contributed by atoms with Crippen LogP contribution in [0.4, 0.5) is 10.1 Å². The lowest BCUT2D eigenvalue weighted by Crippen LogP contribution is -2.22. The zero-order chi connectivity index (χ0) is 18.5. The Morgan fingerprint density at radius 3 is 2.54 bits per heavy atom. The van der Waals surface area contributed by atoms with Crippen molar-refractivity contribution in [3.63, 3.8) is 0 Å². The van der Waals surface area contributed by atoms with Gasteiger partial charge in [0.25, 0.3) is 0 Å². The first-order valence-corrected chi connectivity index (χ1v) is 9.18. The van der Waals surface area contributed by atoms with Crippen molar-refractivity contribution in [2.24, 2.45) is 0 Å². The van der Waals surface area contributed by atoms with E-state index in [1.54, 1.807) is 6.92 Å². The number of aromatic amines is 1. The standard InChI is InChI=1S/C19H19FN4OS/c1-3-13-4-6-14(7-5-13)17-22-19(24-23-17)26-12(2)18(25)21-16-10-8-15(20)9-11-16/h4-12H,3H2,1-2H3,(H,21,25)(H,22,23,24)/t12-/m0/s1. The summed E-state index contributed by atoms with van der Waals surface area (Å²) >= 11 is 1.26. The molecule has 1 amide bonds. The Kier molecular flexibility index (Phi) is 5.68. The van der Waals surface area contributed by atoms with Crippen molar-refractivity contribution in [3.8, 4) is 11.4 Å². The second kappa shape index (κ2) is 8.14. The molecule has 1 aromatic heterocycles. The lowest BCUT2D eigenvalue weighted by molar-refractivity contribution is -0.115. The van der Waals surface area contributed by atoms with Crippen molar-refractivity contribution in [1.29, 1.82) is 0 Å². The Morgan fingerprint density at radius 1 is 1.19 bits per heavy atom. The molecule has 0 spiro atoms. The van der Waals surface area contributed by atoms with E-state index in [2.05, 4.69) is 39.6 Å². The number of carbonyl (C=O) groups is 1. The number of anilines is 1. The predicted octanol–water partition coefficient (Wildman–Crippen LogP) is 4.29. The largest absolute Gasteiger partial charge is 0.325 e. The third-order valence-electron chi connectivity index (χ3n) is 3.86. The van der Waals surface area contributed by atoms with Gasteiger partial charge in [-0.1, -0.05) is 43.0 Å². The summed E-state index contributed by atoms with van der Waals surface area (Å²) in [7, 11) is 0. The molecule has 0 fully saturated rings. The number of amides is 1. The van der Waals surface area contributed by atoms with Gasteiger partial charge >= 0.3 is 0 Å². The molecule has 3 aromatic rings. The number of thioether (sulfide) groups is 1. The van der Waals surface area contributed by atoms with Crippen LogP contribution in [0.5, 0.6) is 0 Å². The van der Waals surface area contributed by atoms with Crippen molar-refractivity contribution in [2.45, 2.75) is 30.7 Å². The smallest absolute Gasteiger partial charge is 0.237 e. The van der Waals surface area contributed by atoms with Crippen LogP contribution in [0.1, 0.15) is 19.4 Å². The quantitative estimate of drug-likeness (QED) is 0.635. The minimum Gasteiger partial charge on any atom is -0.325 e. The monoisotopic (exact) mass is 370 g/mol. The van der Waals surface area contributed by atoms with Crippen molar-refractivity contribution in [3.05, 3.63) is 59.9 Å². The molecular formula is C19H19FN4OS. The predicted molar refractivity (Wildman–Crippen MR) is 102 cm³/mol. The van der Waals surface area contributed by atoms with Gasteiger partial charge < -0.3 is 5.32 Å². The van der Waals surface area contributed by atoms with E-state index < -0.39 is 5.25 Å². The number of benzene rings is 2. The highest BCUT2D eigenvalue weighted by Gasteiger charge is 2.17. The number of aryl methyl sites for hydroxylation is 1. The third kappa shape index (κ3) is 4.49. The first-order chi connectivity index (χ1) is 12.5. The Labute approximate surface area is 155 Å². The maximum Gasteiger partial charge on any atom is 0.237 e. The molecule has 26 heavy (non-hydrogen) atoms. The molecule has 0 bridgehead atoms. The van der Waals surface area contributed by atoms with Gasteiger partial charge in [-0.15, -0.1) is 5.10 Å². The summed E-state index contributed by atoms with van der Waals surface area (Å²) in [5, 5.41) is 9.93. The van der Waals surface area contributed by atoms with Crippen LogP contribution in [0.3, 0.4) is 0 Å². The lowest BCUT2D eigenvalue weighted by atomic mass is 10.1. The van der Waals surface area contributed by atoms with Crippen LogP contribution in [0.25, 0.3) is 11.4 Å². The summed E-state index contributed by atoms with van der Waals surface area (Å²) in [6.07, 6.45) is 0.985. The average Bonchev–Trinajstić information content (AvgIpc) is 3.12. The van der Waals surface area contributed by atoms with Crippen molar-refractivity contribution in [1.82, 2.24) is 15.2 Å². The summed E-state index contributed by atoms with van der Waals surface area (Å²) in [6, 6.07) is 13.8. The molecule has 3 rings (SSSR count). The van der Waals surface area contributed by atoms with Crippen LogP contribution in [0, 0.1) is 5.82 Å². The Bertz CT molecular complexity index is 877. The highest BCUT2D eigenvalue weighted by atomic mass is 32.2. The van der Waals surface area contributed by atoms with Crippen molar-refractivity contribution < 1.29 is 9.18 Å². The molecule has 7 heteroatoms. The number of H-pyrrole nitrogens is 1. The number of hydrogen-bond donors (Lipinski definition) is 2. The molecule has 134 valence electrons. The summed E-state index contributed by atoms with van der Waals surface area (Å²) in [4.78, 5) is 16.7. The second-order valence-corrected chi connectivity index (χ2v) is 7.08. The topological polar surface area (TPSA) is 70.7 Å². The van der Waals surface area contributed by atoms with Crippen LogP contribution in [-0.2, 0) is 11.2 Å². The number of halogens is 1. The van der Waals surface area contributed by atoms with Gasteiger partial charge in [-0.3, -0.25) is 9.89 Å². The van der Waals surface area contributed by atoms with Gasteiger partial charge in [-0.05, 0) is 43.2 Å². The fraction of sp³-hybridized carbons (Fsp3) is 0.211. The van der Waals surface area contributed by atoms with Gasteiger partial charge in [0, 0.05) is 11.3 Å². The number of nitrogens with zero attached hydrogens (tertiary/aromatic N) is 2. The molecule has 2 aromatic carbocycles. The van der Waals surface area contributed by atoms with E-state index >= 15 is 0 Å². The maximum atomic E-state index is 12.9. The summed E-state index contributed by atoms with van der Waals surface area (Å²) in [5.41, 5.74) is 2.76. The number of carbonyl (C=O) groups excluding carboxylic acids is 1. The normalized spacial score (nSPS) is 12.0. The number of aromatic nitrogens is 3. The minimum absolute atomic E-state index is 0.194. The van der Waals surface area contributed by atoms with Crippen LogP contribution in [-0.4, -0.2) is 26.3 Å². The van der Waals surface area contributed by atoms with Crippen LogP contribution < -0.4 is 5.32 Å².